The van der Waals surface area contributed by atoms with E-state index in [1.165, 1.54) is 12.8 Å². The van der Waals surface area contributed by atoms with Gasteiger partial charge in [0.15, 0.2) is 0 Å². The van der Waals surface area contributed by atoms with Crippen molar-refractivity contribution in [3.63, 3.8) is 0 Å². The van der Waals surface area contributed by atoms with Crippen molar-refractivity contribution in [2.24, 2.45) is 17.6 Å². The fourth-order valence-electron chi connectivity index (χ4n) is 2.57. The van der Waals surface area contributed by atoms with E-state index in [-0.39, 0.29) is 5.54 Å². The predicted molar refractivity (Wildman–Crippen MR) is 69.0 cm³/mol. The highest BCUT2D eigenvalue weighted by Crippen LogP contribution is 2.29. The molecule has 0 saturated carbocycles. The van der Waals surface area contributed by atoms with Crippen LogP contribution in [-0.4, -0.2) is 30.6 Å². The van der Waals surface area contributed by atoms with E-state index in [9.17, 15) is 0 Å². The summed E-state index contributed by atoms with van der Waals surface area (Å²) in [6.07, 6.45) is 2.40. The van der Waals surface area contributed by atoms with Crippen LogP contribution in [0.1, 0.15) is 47.5 Å². The molecule has 0 aliphatic heterocycles. The molecule has 0 aromatic rings. The Bertz CT molecular complexity index is 154. The topological polar surface area (TPSA) is 29.3 Å². The molecule has 0 aromatic carbocycles. The highest BCUT2D eigenvalue weighted by atomic mass is 15.2. The molecule has 0 heterocycles. The lowest BCUT2D eigenvalue weighted by Gasteiger charge is -2.43. The summed E-state index contributed by atoms with van der Waals surface area (Å²) in [5.74, 6) is 1.42. The largest absolute Gasteiger partial charge is 0.329 e. The van der Waals surface area contributed by atoms with Gasteiger partial charge in [-0.15, -0.1) is 0 Å². The lowest BCUT2D eigenvalue weighted by Crippen LogP contribution is -2.53. The first-order chi connectivity index (χ1) is 6.88. The zero-order valence-corrected chi connectivity index (χ0v) is 11.5. The Balaban J connectivity index is 4.74. The second-order valence-electron chi connectivity index (χ2n) is 5.64. The van der Waals surface area contributed by atoms with Gasteiger partial charge in [-0.3, -0.25) is 4.90 Å². The number of rotatable bonds is 7. The number of hydrogen-bond donors (Lipinski definition) is 1. The van der Waals surface area contributed by atoms with Gasteiger partial charge in [-0.05, 0) is 38.3 Å². The lowest BCUT2D eigenvalue weighted by atomic mass is 9.80. The third kappa shape index (κ3) is 4.52. The van der Waals surface area contributed by atoms with Crippen molar-refractivity contribution in [2.75, 3.05) is 20.1 Å². The zero-order chi connectivity index (χ0) is 12.1. The number of likely N-dealkylation sites (N-methyl/N-ethyl adjacent to an activating group) is 1. The van der Waals surface area contributed by atoms with Gasteiger partial charge in [0.25, 0.3) is 0 Å². The fraction of sp³-hybridized carbons (Fsp3) is 1.00. The van der Waals surface area contributed by atoms with Gasteiger partial charge in [-0.1, -0.05) is 34.6 Å². The van der Waals surface area contributed by atoms with Crippen LogP contribution in [0, 0.1) is 11.8 Å². The lowest BCUT2D eigenvalue weighted by molar-refractivity contribution is 0.0834. The zero-order valence-electron chi connectivity index (χ0n) is 11.5. The van der Waals surface area contributed by atoms with Crippen molar-refractivity contribution in [1.82, 2.24) is 4.90 Å². The monoisotopic (exact) mass is 214 g/mol. The first-order valence-corrected chi connectivity index (χ1v) is 6.29. The summed E-state index contributed by atoms with van der Waals surface area (Å²) in [4.78, 5) is 2.44. The molecule has 0 aromatic heterocycles. The van der Waals surface area contributed by atoms with Crippen molar-refractivity contribution in [1.29, 1.82) is 0 Å². The molecule has 0 fully saturated rings. The van der Waals surface area contributed by atoms with Gasteiger partial charge in [0, 0.05) is 12.1 Å². The second-order valence-corrected chi connectivity index (χ2v) is 5.64. The smallest absolute Gasteiger partial charge is 0.0333 e. The Morgan fingerprint density at radius 3 is 1.67 bits per heavy atom. The van der Waals surface area contributed by atoms with Crippen LogP contribution in [-0.2, 0) is 0 Å². The summed E-state index contributed by atoms with van der Waals surface area (Å²) >= 11 is 0. The highest BCUT2D eigenvalue weighted by Gasteiger charge is 2.33. The van der Waals surface area contributed by atoms with E-state index in [1.54, 1.807) is 0 Å². The SMILES string of the molecule is CCN(C)C(CN)(CC(C)C)CC(C)C. The fourth-order valence-corrected chi connectivity index (χ4v) is 2.57. The van der Waals surface area contributed by atoms with Gasteiger partial charge in [0.1, 0.15) is 0 Å². The maximum atomic E-state index is 6.04. The van der Waals surface area contributed by atoms with Gasteiger partial charge in [0.05, 0.1) is 0 Å². The van der Waals surface area contributed by atoms with Crippen molar-refractivity contribution >= 4 is 0 Å². The number of nitrogens with zero attached hydrogens (tertiary/aromatic N) is 1. The minimum atomic E-state index is 0.205. The molecule has 2 nitrogen and oxygen atoms in total. The van der Waals surface area contributed by atoms with Gasteiger partial charge in [-0.2, -0.15) is 0 Å². The average molecular weight is 214 g/mol. The Kier molecular flexibility index (Phi) is 6.46. The minimum absolute atomic E-state index is 0.205. The summed E-state index contributed by atoms with van der Waals surface area (Å²) in [7, 11) is 2.21. The van der Waals surface area contributed by atoms with E-state index in [1.807, 2.05) is 0 Å². The summed E-state index contributed by atoms with van der Waals surface area (Å²) in [6.45, 7) is 13.2. The molecule has 0 radical (unpaired) electrons. The van der Waals surface area contributed by atoms with Crippen LogP contribution in [0.5, 0.6) is 0 Å². The van der Waals surface area contributed by atoms with Gasteiger partial charge >= 0.3 is 0 Å². The van der Waals surface area contributed by atoms with Crippen LogP contribution in [0.3, 0.4) is 0 Å². The normalized spacial score (nSPS) is 13.2. The summed E-state index contributed by atoms with van der Waals surface area (Å²) in [5, 5.41) is 0. The molecule has 0 spiro atoms. The second kappa shape index (κ2) is 6.49. The molecule has 0 aliphatic carbocycles. The Labute approximate surface area is 96.2 Å². The van der Waals surface area contributed by atoms with Crippen molar-refractivity contribution in [3.8, 4) is 0 Å². The molecular weight excluding hydrogens is 184 g/mol. The highest BCUT2D eigenvalue weighted by molar-refractivity contribution is 4.91. The van der Waals surface area contributed by atoms with E-state index >= 15 is 0 Å². The predicted octanol–water partition coefficient (Wildman–Crippen LogP) is 2.73. The number of hydrogen-bond acceptors (Lipinski definition) is 2. The molecule has 0 bridgehead atoms. The van der Waals surface area contributed by atoms with E-state index in [4.69, 9.17) is 5.73 Å². The molecule has 92 valence electrons. The van der Waals surface area contributed by atoms with Crippen LogP contribution >= 0.6 is 0 Å². The molecule has 0 atom stereocenters. The van der Waals surface area contributed by atoms with Crippen LogP contribution < -0.4 is 5.73 Å². The summed E-state index contributed by atoms with van der Waals surface area (Å²) < 4.78 is 0. The van der Waals surface area contributed by atoms with Gasteiger partial charge < -0.3 is 5.73 Å². The molecule has 0 rings (SSSR count). The molecule has 0 saturated heterocycles. The molecule has 2 N–H and O–H groups in total. The number of nitrogens with two attached hydrogens (primary N) is 1. The molecule has 2 heteroatoms. The van der Waals surface area contributed by atoms with Gasteiger partial charge in [-0.25, -0.2) is 0 Å². The Hall–Kier alpha value is -0.0800. The summed E-state index contributed by atoms with van der Waals surface area (Å²) in [6, 6.07) is 0. The van der Waals surface area contributed by atoms with E-state index in [0.717, 1.165) is 13.1 Å². The minimum Gasteiger partial charge on any atom is -0.329 e. The van der Waals surface area contributed by atoms with Gasteiger partial charge in [0.2, 0.25) is 0 Å². The van der Waals surface area contributed by atoms with E-state index in [2.05, 4.69) is 46.6 Å². The quantitative estimate of drug-likeness (QED) is 0.706. The molecular formula is C13H30N2. The van der Waals surface area contributed by atoms with Crippen molar-refractivity contribution in [3.05, 3.63) is 0 Å². The maximum Gasteiger partial charge on any atom is 0.0333 e. The van der Waals surface area contributed by atoms with Crippen molar-refractivity contribution in [2.45, 2.75) is 53.0 Å². The summed E-state index contributed by atoms with van der Waals surface area (Å²) in [5.41, 5.74) is 6.24. The van der Waals surface area contributed by atoms with E-state index < -0.39 is 0 Å². The molecule has 15 heavy (non-hydrogen) atoms. The third-order valence-corrected chi connectivity index (χ3v) is 3.24. The standard InChI is InChI=1S/C13H30N2/c1-7-15(6)13(10-14,8-11(2)3)9-12(4)5/h11-12H,7-10,14H2,1-6H3. The van der Waals surface area contributed by atoms with Crippen molar-refractivity contribution < 1.29 is 0 Å². The molecule has 0 aliphatic rings. The van der Waals surface area contributed by atoms with E-state index in [0.29, 0.717) is 11.8 Å². The van der Waals surface area contributed by atoms with Crippen LogP contribution in [0.15, 0.2) is 0 Å². The Morgan fingerprint density at radius 2 is 1.47 bits per heavy atom. The van der Waals surface area contributed by atoms with Crippen LogP contribution in [0.25, 0.3) is 0 Å². The first-order valence-electron chi connectivity index (χ1n) is 6.29. The third-order valence-electron chi connectivity index (χ3n) is 3.24. The Morgan fingerprint density at radius 1 is 1.07 bits per heavy atom. The van der Waals surface area contributed by atoms with Crippen LogP contribution in [0.4, 0.5) is 0 Å². The average Bonchev–Trinajstić information content (AvgIpc) is 2.13. The maximum absolute atomic E-state index is 6.04. The molecule has 0 unspecified atom stereocenters. The first kappa shape index (κ1) is 14.9. The molecule has 0 amide bonds. The van der Waals surface area contributed by atoms with Crippen LogP contribution in [0.2, 0.25) is 0 Å².